The molecule has 4 nitrogen and oxygen atoms in total. The molecule has 2 N–H and O–H groups in total. The van der Waals surface area contributed by atoms with Crippen molar-refractivity contribution in [1.29, 1.82) is 0 Å². The highest BCUT2D eigenvalue weighted by atomic mass is 16.4. The van der Waals surface area contributed by atoms with Crippen molar-refractivity contribution in [2.24, 2.45) is 28.6 Å². The van der Waals surface area contributed by atoms with Gasteiger partial charge in [0.25, 0.3) is 5.97 Å². The number of carboxylic acid groups (broad SMARTS) is 1. The van der Waals surface area contributed by atoms with E-state index in [1.54, 1.807) is 0 Å². The van der Waals surface area contributed by atoms with Crippen LogP contribution >= 0.6 is 0 Å². The number of aliphatic hydroxyl groups is 1. The number of carbonyl (C=O) groups is 2. The molecular weight excluding hydrogens is 316 g/mol. The van der Waals surface area contributed by atoms with Crippen LogP contribution in [0, 0.1) is 28.6 Å². The van der Waals surface area contributed by atoms with E-state index in [1.165, 1.54) is 12.0 Å². The summed E-state index contributed by atoms with van der Waals surface area (Å²) in [7, 11) is 0. The summed E-state index contributed by atoms with van der Waals surface area (Å²) in [5, 5.41) is 17.4. The Morgan fingerprint density at radius 1 is 1.12 bits per heavy atom. The average Bonchev–Trinajstić information content (AvgIpc) is 2.83. The van der Waals surface area contributed by atoms with Gasteiger partial charge >= 0.3 is 0 Å². The zero-order valence-electron chi connectivity index (χ0n) is 15.8. The van der Waals surface area contributed by atoms with Gasteiger partial charge in [0, 0.05) is 18.8 Å². The molecule has 0 aromatic rings. The number of aliphatic hydroxyl groups excluding tert-OH is 1. The predicted octanol–water partition coefficient (Wildman–Crippen LogP) is 3.97. The summed E-state index contributed by atoms with van der Waals surface area (Å²) in [4.78, 5) is 21.4. The lowest BCUT2D eigenvalue weighted by atomic mass is 9.48. The number of aliphatic carboxylic acids is 1. The van der Waals surface area contributed by atoms with Crippen molar-refractivity contribution in [2.45, 2.75) is 78.2 Å². The van der Waals surface area contributed by atoms with Gasteiger partial charge in [-0.05, 0) is 68.1 Å². The molecule has 0 aliphatic heterocycles. The minimum atomic E-state index is -0.833. The summed E-state index contributed by atoms with van der Waals surface area (Å²) in [5.74, 6) is 1.77. The molecule has 0 bridgehead atoms. The molecule has 0 amide bonds. The number of carbonyl (C=O) groups excluding carboxylic acids is 1. The molecule has 140 valence electrons. The molecule has 25 heavy (non-hydrogen) atoms. The Bertz CT molecular complexity index is 591. The molecule has 4 aliphatic carbocycles. The molecule has 4 heteroatoms. The zero-order chi connectivity index (χ0) is 18.4. The minimum absolute atomic E-state index is 0.0168. The number of carboxylic acids is 1. The van der Waals surface area contributed by atoms with E-state index in [0.29, 0.717) is 23.0 Å². The van der Waals surface area contributed by atoms with Crippen LogP contribution in [-0.2, 0) is 9.59 Å². The quantitative estimate of drug-likeness (QED) is 0.650. The summed E-state index contributed by atoms with van der Waals surface area (Å²) in [5.41, 5.74) is 1.81. The van der Waals surface area contributed by atoms with Gasteiger partial charge in [0.15, 0.2) is 0 Å². The summed E-state index contributed by atoms with van der Waals surface area (Å²) in [6.07, 6.45) is 10.7. The van der Waals surface area contributed by atoms with Crippen LogP contribution in [0.1, 0.15) is 72.1 Å². The second kappa shape index (κ2) is 6.53. The van der Waals surface area contributed by atoms with Crippen LogP contribution in [-0.4, -0.2) is 28.1 Å². The van der Waals surface area contributed by atoms with Gasteiger partial charge in [0.1, 0.15) is 5.78 Å². The number of hydrogen-bond acceptors (Lipinski definition) is 3. The van der Waals surface area contributed by atoms with E-state index in [9.17, 15) is 9.90 Å². The van der Waals surface area contributed by atoms with E-state index >= 15 is 0 Å². The lowest BCUT2D eigenvalue weighted by molar-refractivity contribution is -0.134. The van der Waals surface area contributed by atoms with Crippen LogP contribution in [0.4, 0.5) is 0 Å². The Labute approximate surface area is 150 Å². The largest absolute Gasteiger partial charge is 0.481 e. The highest BCUT2D eigenvalue weighted by Gasteiger charge is 2.58. The lowest BCUT2D eigenvalue weighted by Crippen LogP contribution is -2.50. The normalized spacial score (nSPS) is 45.3. The maximum absolute atomic E-state index is 12.4. The SMILES string of the molecule is CC(=O)O.C[C@]12CCC(O)CC1=CC[C@@H]1[C@@H]2CC[C@]2(C)C(=O)CC[C@@H]12. The maximum Gasteiger partial charge on any atom is 0.300 e. The van der Waals surface area contributed by atoms with Gasteiger partial charge in [-0.25, -0.2) is 0 Å². The molecule has 3 fully saturated rings. The first kappa shape index (κ1) is 18.6. The van der Waals surface area contributed by atoms with Gasteiger partial charge in [-0.3, -0.25) is 9.59 Å². The Morgan fingerprint density at radius 2 is 1.72 bits per heavy atom. The van der Waals surface area contributed by atoms with Crippen LogP contribution in [0.2, 0.25) is 0 Å². The van der Waals surface area contributed by atoms with Gasteiger partial charge in [-0.2, -0.15) is 0 Å². The monoisotopic (exact) mass is 348 g/mol. The minimum Gasteiger partial charge on any atom is -0.481 e. The fraction of sp³-hybridized carbons (Fsp3) is 0.810. The number of rotatable bonds is 0. The highest BCUT2D eigenvalue weighted by molar-refractivity contribution is 5.87. The molecule has 0 aromatic carbocycles. The van der Waals surface area contributed by atoms with Crippen molar-refractivity contribution in [3.63, 3.8) is 0 Å². The predicted molar refractivity (Wildman–Crippen MR) is 96.0 cm³/mol. The van der Waals surface area contributed by atoms with Gasteiger partial charge < -0.3 is 10.2 Å². The van der Waals surface area contributed by atoms with Crippen molar-refractivity contribution < 1.29 is 19.8 Å². The fourth-order valence-corrected chi connectivity index (χ4v) is 6.41. The molecule has 6 atom stereocenters. The van der Waals surface area contributed by atoms with E-state index in [0.717, 1.165) is 57.8 Å². The molecule has 0 aromatic heterocycles. The Kier molecular flexibility index (Phi) is 4.87. The standard InChI is InChI=1S/C19H28O2.C2H4O2/c1-18-9-7-13(20)11-12(18)3-4-14-15-5-6-17(21)19(15,2)10-8-16(14)18;1-2(3)4/h3,13-16,20H,4-11H2,1-2H3;1H3,(H,3,4)/t13?,14-,15-,16-,18-,19-;/m0./s1. The molecule has 3 saturated carbocycles. The Hall–Kier alpha value is -1.16. The smallest absolute Gasteiger partial charge is 0.300 e. The fourth-order valence-electron chi connectivity index (χ4n) is 6.41. The van der Waals surface area contributed by atoms with E-state index in [2.05, 4.69) is 19.9 Å². The Morgan fingerprint density at radius 3 is 2.40 bits per heavy atom. The molecule has 1 unspecified atom stereocenters. The van der Waals surface area contributed by atoms with Crippen molar-refractivity contribution >= 4 is 11.8 Å². The Balaban J connectivity index is 0.000000415. The van der Waals surface area contributed by atoms with Crippen molar-refractivity contribution in [3.05, 3.63) is 11.6 Å². The number of fused-ring (bicyclic) bond motifs is 5. The number of Topliss-reactive ketones (excluding diaryl/α,β-unsaturated/α-hetero) is 1. The number of ketones is 1. The van der Waals surface area contributed by atoms with E-state index in [-0.39, 0.29) is 11.5 Å². The molecule has 0 radical (unpaired) electrons. The molecular formula is C21H32O4. The van der Waals surface area contributed by atoms with Crippen molar-refractivity contribution in [3.8, 4) is 0 Å². The number of hydrogen-bond donors (Lipinski definition) is 2. The highest BCUT2D eigenvalue weighted by Crippen LogP contribution is 2.63. The lowest BCUT2D eigenvalue weighted by Gasteiger charge is -2.56. The van der Waals surface area contributed by atoms with Crippen molar-refractivity contribution in [2.75, 3.05) is 0 Å². The van der Waals surface area contributed by atoms with Gasteiger partial charge in [-0.15, -0.1) is 0 Å². The molecule has 0 spiro atoms. The van der Waals surface area contributed by atoms with E-state index in [4.69, 9.17) is 9.90 Å². The van der Waals surface area contributed by atoms with E-state index in [1.807, 2.05) is 0 Å². The zero-order valence-corrected chi connectivity index (χ0v) is 15.8. The summed E-state index contributed by atoms with van der Waals surface area (Å²) in [6, 6.07) is 0. The summed E-state index contributed by atoms with van der Waals surface area (Å²) < 4.78 is 0. The maximum atomic E-state index is 12.4. The van der Waals surface area contributed by atoms with Crippen LogP contribution in [0.5, 0.6) is 0 Å². The average molecular weight is 348 g/mol. The third kappa shape index (κ3) is 3.07. The van der Waals surface area contributed by atoms with Crippen LogP contribution in [0.3, 0.4) is 0 Å². The van der Waals surface area contributed by atoms with Gasteiger partial charge in [-0.1, -0.05) is 25.5 Å². The first-order chi connectivity index (χ1) is 11.7. The third-order valence-electron chi connectivity index (χ3n) is 7.79. The van der Waals surface area contributed by atoms with Gasteiger partial charge in [0.05, 0.1) is 6.10 Å². The first-order valence-corrected chi connectivity index (χ1v) is 9.79. The summed E-state index contributed by atoms with van der Waals surface area (Å²) >= 11 is 0. The molecule has 0 saturated heterocycles. The molecule has 4 rings (SSSR count). The topological polar surface area (TPSA) is 74.6 Å². The van der Waals surface area contributed by atoms with Crippen LogP contribution in [0.25, 0.3) is 0 Å². The molecule has 0 heterocycles. The van der Waals surface area contributed by atoms with Crippen LogP contribution < -0.4 is 0 Å². The van der Waals surface area contributed by atoms with E-state index < -0.39 is 5.97 Å². The third-order valence-corrected chi connectivity index (χ3v) is 7.79. The van der Waals surface area contributed by atoms with Gasteiger partial charge in [0.2, 0.25) is 0 Å². The second-order valence-corrected chi connectivity index (χ2v) is 9.09. The summed E-state index contributed by atoms with van der Waals surface area (Å²) in [6.45, 7) is 5.77. The first-order valence-electron chi connectivity index (χ1n) is 9.79. The van der Waals surface area contributed by atoms with Crippen LogP contribution in [0.15, 0.2) is 11.6 Å². The molecule has 4 aliphatic rings. The number of allylic oxidation sites excluding steroid dienone is 1. The van der Waals surface area contributed by atoms with Crippen molar-refractivity contribution in [1.82, 2.24) is 0 Å². The second-order valence-electron chi connectivity index (χ2n) is 9.09.